The van der Waals surface area contributed by atoms with Gasteiger partial charge in [0, 0.05) is 13.0 Å². The van der Waals surface area contributed by atoms with Crippen LogP contribution in [0, 0.1) is 11.3 Å². The van der Waals surface area contributed by atoms with Crippen LogP contribution in [0.4, 0.5) is 0 Å². The molecule has 3 aliphatic rings. The largest absolute Gasteiger partial charge is 0.303 e. The number of carbonyl (C=O) groups is 2. The predicted octanol–water partition coefficient (Wildman–Crippen LogP) is -0.255. The minimum atomic E-state index is -0.329. The zero-order chi connectivity index (χ0) is 9.76. The second kappa shape index (κ2) is 2.57. The minimum Gasteiger partial charge on any atom is -0.303 e. The molecule has 3 fully saturated rings. The van der Waals surface area contributed by atoms with Crippen LogP contribution in [0.25, 0.3) is 0 Å². The number of amides is 2. The summed E-state index contributed by atoms with van der Waals surface area (Å²) in [6.07, 6.45) is 2.39. The molecule has 0 radical (unpaired) electrons. The lowest BCUT2D eigenvalue weighted by molar-refractivity contribution is -0.132. The van der Waals surface area contributed by atoms with E-state index in [4.69, 9.17) is 0 Å². The Kier molecular flexibility index (Phi) is 1.54. The Bertz CT molecular complexity index is 315. The molecular formula is C10H14N2O2. The first-order valence-electron chi connectivity index (χ1n) is 5.27. The van der Waals surface area contributed by atoms with Gasteiger partial charge in [-0.25, -0.2) is 0 Å². The van der Waals surface area contributed by atoms with Crippen LogP contribution >= 0.6 is 0 Å². The molecule has 3 atom stereocenters. The molecule has 4 heteroatoms. The highest BCUT2D eigenvalue weighted by Gasteiger charge is 2.55. The van der Waals surface area contributed by atoms with Gasteiger partial charge in [0.05, 0.1) is 5.41 Å². The molecule has 0 aromatic heterocycles. The summed E-state index contributed by atoms with van der Waals surface area (Å²) in [7, 11) is 0. The van der Waals surface area contributed by atoms with Gasteiger partial charge >= 0.3 is 0 Å². The first-order chi connectivity index (χ1) is 6.71. The van der Waals surface area contributed by atoms with Crippen molar-refractivity contribution in [3.8, 4) is 0 Å². The number of nitrogens with one attached hydrogen (secondary N) is 1. The van der Waals surface area contributed by atoms with Gasteiger partial charge in [0.25, 0.3) is 0 Å². The van der Waals surface area contributed by atoms with Crippen LogP contribution in [-0.2, 0) is 9.59 Å². The van der Waals surface area contributed by atoms with Crippen LogP contribution in [0.2, 0.25) is 0 Å². The zero-order valence-electron chi connectivity index (χ0n) is 8.08. The highest BCUT2D eigenvalue weighted by Crippen LogP contribution is 2.47. The fourth-order valence-electron chi connectivity index (χ4n) is 3.24. The first kappa shape index (κ1) is 8.41. The molecule has 3 heterocycles. The van der Waals surface area contributed by atoms with Crippen LogP contribution in [0.1, 0.15) is 19.3 Å². The molecule has 0 aromatic rings. The standard InChI is InChI=1S/C10H14N2O2/c13-8-5-10(9(14)11-8)2-4-12-3-1-7(10)6-12/h7H,1-6H2,(H,11,13,14). The maximum atomic E-state index is 11.8. The summed E-state index contributed by atoms with van der Waals surface area (Å²) < 4.78 is 0. The van der Waals surface area contributed by atoms with Gasteiger partial charge in [-0.1, -0.05) is 0 Å². The first-order valence-corrected chi connectivity index (χ1v) is 5.27. The molecule has 3 saturated heterocycles. The van der Waals surface area contributed by atoms with Gasteiger partial charge in [-0.3, -0.25) is 14.9 Å². The van der Waals surface area contributed by atoms with Crippen LogP contribution in [0.3, 0.4) is 0 Å². The summed E-state index contributed by atoms with van der Waals surface area (Å²) in [6.45, 7) is 3.10. The van der Waals surface area contributed by atoms with Crippen molar-refractivity contribution >= 4 is 11.8 Å². The van der Waals surface area contributed by atoms with Crippen LogP contribution in [0.15, 0.2) is 0 Å². The molecule has 76 valence electrons. The lowest BCUT2D eigenvalue weighted by atomic mass is 9.70. The maximum Gasteiger partial charge on any atom is 0.233 e. The number of carbonyl (C=O) groups excluding carboxylic acids is 2. The van der Waals surface area contributed by atoms with Gasteiger partial charge in [-0.05, 0) is 31.8 Å². The lowest BCUT2D eigenvalue weighted by Crippen LogP contribution is -2.45. The second-order valence-corrected chi connectivity index (χ2v) is 4.75. The van der Waals surface area contributed by atoms with Gasteiger partial charge in [-0.15, -0.1) is 0 Å². The highest BCUT2D eigenvalue weighted by atomic mass is 16.2. The van der Waals surface area contributed by atoms with Gasteiger partial charge in [-0.2, -0.15) is 0 Å². The van der Waals surface area contributed by atoms with Gasteiger partial charge in [0.2, 0.25) is 11.8 Å². The number of hydrogen-bond acceptors (Lipinski definition) is 3. The topological polar surface area (TPSA) is 49.4 Å². The Morgan fingerprint density at radius 2 is 2.21 bits per heavy atom. The Morgan fingerprint density at radius 1 is 1.36 bits per heavy atom. The number of rotatable bonds is 0. The van der Waals surface area contributed by atoms with E-state index in [2.05, 4.69) is 10.2 Å². The van der Waals surface area contributed by atoms with Crippen molar-refractivity contribution in [2.75, 3.05) is 19.6 Å². The Balaban J connectivity index is 1.95. The average molecular weight is 194 g/mol. The molecule has 0 saturated carbocycles. The van der Waals surface area contributed by atoms with Gasteiger partial charge in [0.15, 0.2) is 0 Å². The Morgan fingerprint density at radius 3 is 2.93 bits per heavy atom. The highest BCUT2D eigenvalue weighted by molar-refractivity contribution is 6.06. The van der Waals surface area contributed by atoms with Gasteiger partial charge < -0.3 is 4.90 Å². The predicted molar refractivity (Wildman–Crippen MR) is 49.4 cm³/mol. The Hall–Kier alpha value is -0.900. The summed E-state index contributed by atoms with van der Waals surface area (Å²) in [5.74, 6) is 0.340. The number of nitrogens with zero attached hydrogens (tertiary/aromatic N) is 1. The monoisotopic (exact) mass is 194 g/mol. The summed E-state index contributed by atoms with van der Waals surface area (Å²) in [4.78, 5) is 25.5. The molecule has 1 N–H and O–H groups in total. The van der Waals surface area contributed by atoms with E-state index in [9.17, 15) is 9.59 Å². The third-order valence-electron chi connectivity index (χ3n) is 4.11. The van der Waals surface area contributed by atoms with Gasteiger partial charge in [0.1, 0.15) is 0 Å². The smallest absolute Gasteiger partial charge is 0.233 e. The summed E-state index contributed by atoms with van der Waals surface area (Å²) in [6, 6.07) is 0. The van der Waals surface area contributed by atoms with E-state index in [1.54, 1.807) is 0 Å². The molecular weight excluding hydrogens is 180 g/mol. The number of imide groups is 1. The molecule has 0 aromatic carbocycles. The molecule has 1 spiro atoms. The van der Waals surface area contributed by atoms with Crippen LogP contribution < -0.4 is 5.32 Å². The average Bonchev–Trinajstić information content (AvgIpc) is 2.65. The summed E-state index contributed by atoms with van der Waals surface area (Å²) >= 11 is 0. The normalized spacial score (nSPS) is 46.0. The van der Waals surface area contributed by atoms with E-state index in [0.717, 1.165) is 32.5 Å². The molecule has 2 amide bonds. The zero-order valence-corrected chi connectivity index (χ0v) is 8.08. The lowest BCUT2D eigenvalue weighted by Gasteiger charge is -2.36. The van der Waals surface area contributed by atoms with Crippen molar-refractivity contribution in [2.24, 2.45) is 11.3 Å². The van der Waals surface area contributed by atoms with Crippen molar-refractivity contribution < 1.29 is 9.59 Å². The van der Waals surface area contributed by atoms with E-state index < -0.39 is 0 Å². The van der Waals surface area contributed by atoms with E-state index in [1.165, 1.54) is 0 Å². The third-order valence-corrected chi connectivity index (χ3v) is 4.11. The fraction of sp³-hybridized carbons (Fsp3) is 0.800. The molecule has 0 aliphatic carbocycles. The van der Waals surface area contributed by atoms with E-state index in [0.29, 0.717) is 12.3 Å². The molecule has 2 bridgehead atoms. The molecule has 3 unspecified atom stereocenters. The van der Waals surface area contributed by atoms with Crippen molar-refractivity contribution in [2.45, 2.75) is 19.3 Å². The summed E-state index contributed by atoms with van der Waals surface area (Å²) in [5, 5.41) is 2.46. The molecule has 3 aliphatic heterocycles. The maximum absolute atomic E-state index is 11.8. The van der Waals surface area contributed by atoms with Crippen LogP contribution in [-0.4, -0.2) is 36.3 Å². The van der Waals surface area contributed by atoms with Crippen molar-refractivity contribution in [3.05, 3.63) is 0 Å². The second-order valence-electron chi connectivity index (χ2n) is 4.75. The van der Waals surface area contributed by atoms with E-state index in [-0.39, 0.29) is 17.2 Å². The number of hydrogen-bond donors (Lipinski definition) is 1. The van der Waals surface area contributed by atoms with Crippen molar-refractivity contribution in [1.82, 2.24) is 10.2 Å². The third kappa shape index (κ3) is 0.919. The minimum absolute atomic E-state index is 0.00551. The van der Waals surface area contributed by atoms with Crippen molar-refractivity contribution in [1.29, 1.82) is 0 Å². The quantitative estimate of drug-likeness (QED) is 0.541. The number of piperidine rings is 1. The summed E-state index contributed by atoms with van der Waals surface area (Å²) in [5.41, 5.74) is -0.329. The molecule has 3 rings (SSSR count). The Labute approximate surface area is 82.6 Å². The van der Waals surface area contributed by atoms with Crippen molar-refractivity contribution in [3.63, 3.8) is 0 Å². The van der Waals surface area contributed by atoms with E-state index >= 15 is 0 Å². The SMILES string of the molecule is O=C1CC2(CCN3CCC2C3)C(=O)N1. The molecule has 14 heavy (non-hydrogen) atoms. The number of fused-ring (bicyclic) bond motifs is 3. The van der Waals surface area contributed by atoms with E-state index in [1.807, 2.05) is 0 Å². The van der Waals surface area contributed by atoms with Crippen LogP contribution in [0.5, 0.6) is 0 Å². The molecule has 4 nitrogen and oxygen atoms in total. The fourth-order valence-corrected chi connectivity index (χ4v) is 3.24.